The van der Waals surface area contributed by atoms with E-state index in [0.717, 1.165) is 59.4 Å². The summed E-state index contributed by atoms with van der Waals surface area (Å²) in [5.41, 5.74) is 9.78. The highest BCUT2D eigenvalue weighted by molar-refractivity contribution is 9.10. The molecule has 2 aromatic heterocycles. The second-order valence-corrected chi connectivity index (χ2v) is 8.54. The highest BCUT2D eigenvalue weighted by atomic mass is 79.9. The van der Waals surface area contributed by atoms with Gasteiger partial charge in [-0.25, -0.2) is 9.67 Å². The molecular weight excluding hydrogens is 436 g/mol. The number of aromatic nitrogens is 3. The lowest BCUT2D eigenvalue weighted by Crippen LogP contribution is -2.09. The molecule has 5 nitrogen and oxygen atoms in total. The van der Waals surface area contributed by atoms with E-state index < -0.39 is 0 Å². The highest BCUT2D eigenvalue weighted by Crippen LogP contribution is 2.27. The van der Waals surface area contributed by atoms with Crippen LogP contribution in [0, 0.1) is 0 Å². The molecule has 7 heteroatoms. The van der Waals surface area contributed by atoms with E-state index in [4.69, 9.17) is 10.7 Å². The smallest absolute Gasteiger partial charge is 0.217 e. The number of hydrogen-bond donors (Lipinski definition) is 1. The van der Waals surface area contributed by atoms with Gasteiger partial charge in [-0.3, -0.25) is 4.79 Å². The molecule has 2 heterocycles. The van der Waals surface area contributed by atoms with Crippen molar-refractivity contribution in [3.63, 3.8) is 0 Å². The van der Waals surface area contributed by atoms with Crippen molar-refractivity contribution in [3.8, 4) is 16.4 Å². The summed E-state index contributed by atoms with van der Waals surface area (Å²) in [5, 5.41) is 7.60. The fourth-order valence-electron chi connectivity index (χ4n) is 3.24. The largest absolute Gasteiger partial charge is 0.370 e. The van der Waals surface area contributed by atoms with Crippen LogP contribution >= 0.6 is 27.3 Å². The summed E-state index contributed by atoms with van der Waals surface area (Å²) in [5.74, 6) is -0.208. The van der Waals surface area contributed by atoms with Crippen LogP contribution in [0.3, 0.4) is 0 Å². The summed E-state index contributed by atoms with van der Waals surface area (Å²) in [6.07, 6.45) is 8.52. The van der Waals surface area contributed by atoms with Crippen LogP contribution < -0.4 is 5.73 Å². The van der Waals surface area contributed by atoms with Crippen LogP contribution in [0.4, 0.5) is 0 Å². The van der Waals surface area contributed by atoms with Crippen molar-refractivity contribution in [1.82, 2.24) is 14.8 Å². The van der Waals surface area contributed by atoms with Crippen LogP contribution in [-0.2, 0) is 17.6 Å². The molecule has 3 aromatic rings. The number of aryl methyl sites for hydroxylation is 1. The molecule has 0 aliphatic carbocycles. The van der Waals surface area contributed by atoms with Crippen molar-refractivity contribution in [3.05, 3.63) is 51.6 Å². The fraction of sp³-hybridized carbons (Fsp3) is 0.381. The Hall–Kier alpha value is -1.99. The molecule has 0 fully saturated rings. The van der Waals surface area contributed by atoms with E-state index in [9.17, 15) is 4.79 Å². The van der Waals surface area contributed by atoms with Crippen LogP contribution in [0.15, 0.2) is 40.3 Å². The number of thiazole rings is 1. The van der Waals surface area contributed by atoms with Gasteiger partial charge in [0, 0.05) is 27.5 Å². The molecule has 0 saturated heterocycles. The van der Waals surface area contributed by atoms with Crippen LogP contribution in [0.1, 0.15) is 50.3 Å². The Morgan fingerprint density at radius 2 is 1.93 bits per heavy atom. The van der Waals surface area contributed by atoms with Crippen LogP contribution in [-0.4, -0.2) is 20.7 Å². The summed E-state index contributed by atoms with van der Waals surface area (Å²) in [6, 6.07) is 8.19. The molecule has 28 heavy (non-hydrogen) atoms. The first kappa shape index (κ1) is 20.7. The van der Waals surface area contributed by atoms with Crippen molar-refractivity contribution >= 4 is 33.2 Å². The van der Waals surface area contributed by atoms with Crippen molar-refractivity contribution in [2.75, 3.05) is 0 Å². The average Bonchev–Trinajstić information content (AvgIpc) is 3.31. The van der Waals surface area contributed by atoms with Crippen LogP contribution in [0.2, 0.25) is 0 Å². The Morgan fingerprint density at radius 3 is 2.64 bits per heavy atom. The van der Waals surface area contributed by atoms with Gasteiger partial charge in [-0.1, -0.05) is 47.8 Å². The lowest BCUT2D eigenvalue weighted by atomic mass is 10.0. The SMILES string of the molecule is CCc1c(CCCCCCC(N)=O)cnn1-c1nc(-c2ccc(Br)cc2)cs1. The molecule has 3 rings (SSSR count). The zero-order valence-corrected chi connectivity index (χ0v) is 18.4. The van der Waals surface area contributed by atoms with E-state index in [1.807, 2.05) is 23.0 Å². The van der Waals surface area contributed by atoms with Crippen LogP contribution in [0.25, 0.3) is 16.4 Å². The standard InChI is InChI=1S/C21H25BrN4OS/c1-2-19-16(7-5-3-4-6-8-20(23)27)13-24-26(19)21-25-18(14-28-21)15-9-11-17(22)12-10-15/h9-14H,2-8H2,1H3,(H2,23,27). The van der Waals surface area contributed by atoms with E-state index in [1.165, 1.54) is 11.3 Å². The minimum Gasteiger partial charge on any atom is -0.370 e. The molecule has 1 aromatic carbocycles. The number of primary amides is 1. The number of nitrogens with zero attached hydrogens (tertiary/aromatic N) is 3. The third-order valence-corrected chi connectivity index (χ3v) is 6.07. The Kier molecular flexibility index (Phi) is 7.39. The van der Waals surface area contributed by atoms with Gasteiger partial charge in [0.05, 0.1) is 11.9 Å². The molecule has 0 bridgehead atoms. The number of halogens is 1. The van der Waals surface area contributed by atoms with Gasteiger partial charge >= 0.3 is 0 Å². The maximum Gasteiger partial charge on any atom is 0.217 e. The fourth-order valence-corrected chi connectivity index (χ4v) is 4.32. The molecular formula is C21H25BrN4OS. The van der Waals surface area contributed by atoms with E-state index in [1.54, 1.807) is 11.3 Å². The Bertz CT molecular complexity index is 917. The highest BCUT2D eigenvalue weighted by Gasteiger charge is 2.14. The molecule has 0 atom stereocenters. The second kappa shape index (κ2) is 9.98. The third-order valence-electron chi connectivity index (χ3n) is 4.72. The Labute approximate surface area is 178 Å². The van der Waals surface area contributed by atoms with E-state index in [0.29, 0.717) is 6.42 Å². The number of hydrogen-bond acceptors (Lipinski definition) is 4. The number of rotatable bonds is 10. The van der Waals surface area contributed by atoms with Crippen molar-refractivity contribution in [2.45, 2.75) is 51.9 Å². The molecule has 0 spiro atoms. The second-order valence-electron chi connectivity index (χ2n) is 6.78. The first-order valence-corrected chi connectivity index (χ1v) is 11.3. The quantitative estimate of drug-likeness (QED) is 0.417. The number of amides is 1. The zero-order chi connectivity index (χ0) is 19.9. The van der Waals surface area contributed by atoms with Crippen molar-refractivity contribution < 1.29 is 4.79 Å². The maximum atomic E-state index is 10.8. The number of nitrogens with two attached hydrogens (primary N) is 1. The normalized spacial score (nSPS) is 11.1. The predicted octanol–water partition coefficient (Wildman–Crippen LogP) is 5.30. The topological polar surface area (TPSA) is 73.8 Å². The predicted molar refractivity (Wildman–Crippen MR) is 118 cm³/mol. The van der Waals surface area contributed by atoms with Gasteiger partial charge in [-0.15, -0.1) is 11.3 Å². The molecule has 0 aliphatic rings. The summed E-state index contributed by atoms with van der Waals surface area (Å²) >= 11 is 5.09. The molecule has 0 saturated carbocycles. The minimum atomic E-state index is -0.208. The number of carbonyl (C=O) groups is 1. The summed E-state index contributed by atoms with van der Waals surface area (Å²) < 4.78 is 3.04. The first-order valence-electron chi connectivity index (χ1n) is 9.64. The molecule has 148 valence electrons. The maximum absolute atomic E-state index is 10.8. The average molecular weight is 461 g/mol. The van der Waals surface area contributed by atoms with Gasteiger partial charge in [0.25, 0.3) is 0 Å². The number of benzene rings is 1. The molecule has 0 aliphatic heterocycles. The van der Waals surface area contributed by atoms with Gasteiger partial charge in [-0.05, 0) is 43.4 Å². The van der Waals surface area contributed by atoms with Gasteiger partial charge in [-0.2, -0.15) is 5.10 Å². The summed E-state index contributed by atoms with van der Waals surface area (Å²) in [4.78, 5) is 15.6. The van der Waals surface area contributed by atoms with Gasteiger partial charge in [0.15, 0.2) is 0 Å². The number of carbonyl (C=O) groups excluding carboxylic acids is 1. The third kappa shape index (κ3) is 5.29. The van der Waals surface area contributed by atoms with Crippen molar-refractivity contribution in [2.24, 2.45) is 5.73 Å². The molecule has 0 radical (unpaired) electrons. The molecule has 2 N–H and O–H groups in total. The van der Waals surface area contributed by atoms with Gasteiger partial charge < -0.3 is 5.73 Å². The zero-order valence-electron chi connectivity index (χ0n) is 16.0. The Morgan fingerprint density at radius 1 is 1.18 bits per heavy atom. The Balaban J connectivity index is 1.65. The minimum absolute atomic E-state index is 0.208. The number of unbranched alkanes of at least 4 members (excludes halogenated alkanes) is 3. The summed E-state index contributed by atoms with van der Waals surface area (Å²) in [6.45, 7) is 2.16. The lowest BCUT2D eigenvalue weighted by Gasteiger charge is -2.05. The monoisotopic (exact) mass is 460 g/mol. The van der Waals surface area contributed by atoms with E-state index in [2.05, 4.69) is 45.5 Å². The molecule has 0 unspecified atom stereocenters. The van der Waals surface area contributed by atoms with Crippen molar-refractivity contribution in [1.29, 1.82) is 0 Å². The van der Waals surface area contributed by atoms with E-state index in [-0.39, 0.29) is 5.91 Å². The first-order chi connectivity index (χ1) is 13.6. The van der Waals surface area contributed by atoms with Gasteiger partial charge in [0.1, 0.15) is 0 Å². The molecule has 1 amide bonds. The van der Waals surface area contributed by atoms with Gasteiger partial charge in [0.2, 0.25) is 11.0 Å². The summed E-state index contributed by atoms with van der Waals surface area (Å²) in [7, 11) is 0. The lowest BCUT2D eigenvalue weighted by molar-refractivity contribution is -0.118. The van der Waals surface area contributed by atoms with E-state index >= 15 is 0 Å². The van der Waals surface area contributed by atoms with Crippen LogP contribution in [0.5, 0.6) is 0 Å².